The van der Waals surface area contributed by atoms with Crippen molar-refractivity contribution in [1.29, 1.82) is 0 Å². The number of aliphatic hydroxyl groups excluding tert-OH is 1. The Morgan fingerprint density at radius 3 is 2.57 bits per heavy atom. The third-order valence-corrected chi connectivity index (χ3v) is 3.70. The van der Waals surface area contributed by atoms with Crippen LogP contribution in [0.3, 0.4) is 0 Å². The lowest BCUT2D eigenvalue weighted by Crippen LogP contribution is -2.28. The Morgan fingerprint density at radius 2 is 1.86 bits per heavy atom. The van der Waals surface area contributed by atoms with Crippen molar-refractivity contribution in [1.82, 2.24) is 0 Å². The van der Waals surface area contributed by atoms with Crippen LogP contribution in [0.25, 0.3) is 0 Å². The predicted octanol–water partition coefficient (Wildman–Crippen LogP) is 4.49. The molecule has 0 heterocycles. The van der Waals surface area contributed by atoms with Crippen molar-refractivity contribution >= 4 is 11.6 Å². The molecule has 112 valence electrons. The molecule has 0 aliphatic heterocycles. The standard InChI is InChI=1S/C18H21ClO2/c1-14(21-17-11-6-10-16(19)13-17)18(20)12-5-9-15-7-3-2-4-8-15/h2-4,6-8,10-11,13-14,18,20H,5,9,12H2,1H3. The van der Waals surface area contributed by atoms with Gasteiger partial charge in [-0.05, 0) is 49.9 Å². The van der Waals surface area contributed by atoms with E-state index >= 15 is 0 Å². The van der Waals surface area contributed by atoms with Crippen molar-refractivity contribution in [3.63, 3.8) is 0 Å². The summed E-state index contributed by atoms with van der Waals surface area (Å²) in [6.45, 7) is 1.88. The molecule has 2 aromatic carbocycles. The van der Waals surface area contributed by atoms with Gasteiger partial charge in [-0.25, -0.2) is 0 Å². The highest BCUT2D eigenvalue weighted by Gasteiger charge is 2.15. The molecule has 21 heavy (non-hydrogen) atoms. The Morgan fingerprint density at radius 1 is 1.10 bits per heavy atom. The molecule has 0 spiro atoms. The third kappa shape index (κ3) is 5.41. The minimum atomic E-state index is -0.479. The summed E-state index contributed by atoms with van der Waals surface area (Å²) in [5, 5.41) is 10.8. The van der Waals surface area contributed by atoms with Crippen LogP contribution in [0, 0.1) is 0 Å². The number of rotatable bonds is 7. The Bertz CT molecular complexity index is 542. The number of hydrogen-bond donors (Lipinski definition) is 1. The molecule has 2 nitrogen and oxygen atoms in total. The summed E-state index contributed by atoms with van der Waals surface area (Å²) in [5.41, 5.74) is 1.30. The van der Waals surface area contributed by atoms with Crippen molar-refractivity contribution in [2.75, 3.05) is 0 Å². The number of ether oxygens (including phenoxy) is 1. The molecule has 0 fully saturated rings. The summed E-state index contributed by atoms with van der Waals surface area (Å²) in [7, 11) is 0. The van der Waals surface area contributed by atoms with Gasteiger partial charge in [0.15, 0.2) is 0 Å². The van der Waals surface area contributed by atoms with Crippen LogP contribution in [0.15, 0.2) is 54.6 Å². The third-order valence-electron chi connectivity index (χ3n) is 3.47. The van der Waals surface area contributed by atoms with E-state index in [2.05, 4.69) is 12.1 Å². The molecule has 2 unspecified atom stereocenters. The SMILES string of the molecule is CC(Oc1cccc(Cl)c1)C(O)CCCc1ccccc1. The van der Waals surface area contributed by atoms with Crippen LogP contribution in [-0.2, 0) is 6.42 Å². The first-order valence-electron chi connectivity index (χ1n) is 7.29. The van der Waals surface area contributed by atoms with Gasteiger partial charge in [0, 0.05) is 5.02 Å². The first-order valence-corrected chi connectivity index (χ1v) is 7.67. The van der Waals surface area contributed by atoms with Crippen molar-refractivity contribution in [3.8, 4) is 5.75 Å². The number of hydrogen-bond acceptors (Lipinski definition) is 2. The zero-order chi connectivity index (χ0) is 15.1. The summed E-state index contributed by atoms with van der Waals surface area (Å²) >= 11 is 5.92. The van der Waals surface area contributed by atoms with Gasteiger partial charge < -0.3 is 9.84 Å². The molecular formula is C18H21ClO2. The summed E-state index contributed by atoms with van der Waals surface area (Å²) < 4.78 is 5.73. The molecule has 0 amide bonds. The highest BCUT2D eigenvalue weighted by molar-refractivity contribution is 6.30. The average Bonchev–Trinajstić information content (AvgIpc) is 2.48. The highest BCUT2D eigenvalue weighted by atomic mass is 35.5. The van der Waals surface area contributed by atoms with Crippen LogP contribution >= 0.6 is 11.6 Å². The van der Waals surface area contributed by atoms with E-state index in [1.54, 1.807) is 12.1 Å². The molecule has 0 saturated heterocycles. The summed E-state index contributed by atoms with van der Waals surface area (Å²) in [6.07, 6.45) is 1.90. The molecule has 0 bridgehead atoms. The van der Waals surface area contributed by atoms with Crippen molar-refractivity contribution < 1.29 is 9.84 Å². The molecular weight excluding hydrogens is 284 g/mol. The largest absolute Gasteiger partial charge is 0.488 e. The van der Waals surface area contributed by atoms with E-state index in [0.717, 1.165) is 19.3 Å². The van der Waals surface area contributed by atoms with Crippen LogP contribution in [0.5, 0.6) is 5.75 Å². The average molecular weight is 305 g/mol. The second kappa shape index (κ2) is 8.06. The van der Waals surface area contributed by atoms with E-state index < -0.39 is 6.10 Å². The lowest BCUT2D eigenvalue weighted by molar-refractivity contribution is 0.0405. The van der Waals surface area contributed by atoms with Gasteiger partial charge in [-0.1, -0.05) is 48.0 Å². The summed E-state index contributed by atoms with van der Waals surface area (Å²) in [5.74, 6) is 0.692. The maximum absolute atomic E-state index is 10.2. The highest BCUT2D eigenvalue weighted by Crippen LogP contribution is 2.20. The Labute approximate surface area is 131 Å². The van der Waals surface area contributed by atoms with Gasteiger partial charge in [0.25, 0.3) is 0 Å². The second-order valence-electron chi connectivity index (χ2n) is 5.23. The summed E-state index contributed by atoms with van der Waals surface area (Å²) in [4.78, 5) is 0. The first-order chi connectivity index (χ1) is 10.1. The van der Waals surface area contributed by atoms with Crippen LogP contribution in [0.4, 0.5) is 0 Å². The smallest absolute Gasteiger partial charge is 0.122 e. The van der Waals surface area contributed by atoms with Crippen LogP contribution in [0.2, 0.25) is 5.02 Å². The Hall–Kier alpha value is -1.51. The molecule has 0 aromatic heterocycles. The molecule has 1 N–H and O–H groups in total. The van der Waals surface area contributed by atoms with Gasteiger partial charge in [0.2, 0.25) is 0 Å². The summed E-state index contributed by atoms with van der Waals surface area (Å²) in [6, 6.07) is 17.6. The van der Waals surface area contributed by atoms with Gasteiger partial charge in [0.05, 0.1) is 6.10 Å². The lowest BCUT2D eigenvalue weighted by atomic mass is 10.0. The fourth-order valence-electron chi connectivity index (χ4n) is 2.23. The molecule has 2 aromatic rings. The van der Waals surface area contributed by atoms with Gasteiger partial charge in [-0.2, -0.15) is 0 Å². The van der Waals surface area contributed by atoms with E-state index in [1.807, 2.05) is 37.3 Å². The van der Waals surface area contributed by atoms with Gasteiger partial charge >= 0.3 is 0 Å². The normalized spacial score (nSPS) is 13.7. The molecule has 0 saturated carbocycles. The fourth-order valence-corrected chi connectivity index (χ4v) is 2.41. The Balaban J connectivity index is 1.76. The maximum atomic E-state index is 10.2. The maximum Gasteiger partial charge on any atom is 0.122 e. The second-order valence-corrected chi connectivity index (χ2v) is 5.66. The van der Waals surface area contributed by atoms with Crippen LogP contribution < -0.4 is 4.74 Å². The molecule has 3 heteroatoms. The van der Waals surface area contributed by atoms with Crippen molar-refractivity contribution in [3.05, 3.63) is 65.2 Å². The minimum absolute atomic E-state index is 0.251. The van der Waals surface area contributed by atoms with Crippen molar-refractivity contribution in [2.24, 2.45) is 0 Å². The quantitative estimate of drug-likeness (QED) is 0.816. The van der Waals surface area contributed by atoms with E-state index in [1.165, 1.54) is 5.56 Å². The first kappa shape index (κ1) is 15.9. The van der Waals surface area contributed by atoms with E-state index in [9.17, 15) is 5.11 Å². The zero-order valence-corrected chi connectivity index (χ0v) is 13.0. The monoisotopic (exact) mass is 304 g/mol. The van der Waals surface area contributed by atoms with Gasteiger partial charge in [-0.15, -0.1) is 0 Å². The zero-order valence-electron chi connectivity index (χ0n) is 12.2. The molecule has 0 aliphatic carbocycles. The van der Waals surface area contributed by atoms with Gasteiger partial charge in [0.1, 0.15) is 11.9 Å². The van der Waals surface area contributed by atoms with E-state index in [4.69, 9.17) is 16.3 Å². The number of halogens is 1. The van der Waals surface area contributed by atoms with Gasteiger partial charge in [-0.3, -0.25) is 0 Å². The number of aryl methyl sites for hydroxylation is 1. The topological polar surface area (TPSA) is 29.5 Å². The predicted molar refractivity (Wildman–Crippen MR) is 86.9 cm³/mol. The van der Waals surface area contributed by atoms with Crippen LogP contribution in [-0.4, -0.2) is 17.3 Å². The molecule has 0 radical (unpaired) electrons. The number of benzene rings is 2. The van der Waals surface area contributed by atoms with Crippen molar-refractivity contribution in [2.45, 2.75) is 38.4 Å². The molecule has 2 rings (SSSR count). The van der Waals surface area contributed by atoms with E-state index in [-0.39, 0.29) is 6.10 Å². The fraction of sp³-hybridized carbons (Fsp3) is 0.333. The van der Waals surface area contributed by atoms with E-state index in [0.29, 0.717) is 10.8 Å². The minimum Gasteiger partial charge on any atom is -0.488 e. The Kier molecular flexibility index (Phi) is 6.09. The van der Waals surface area contributed by atoms with Crippen LogP contribution in [0.1, 0.15) is 25.3 Å². The number of aliphatic hydroxyl groups is 1. The lowest BCUT2D eigenvalue weighted by Gasteiger charge is -2.20. The molecule has 2 atom stereocenters. The molecule has 0 aliphatic rings.